The van der Waals surface area contributed by atoms with Crippen molar-refractivity contribution in [3.05, 3.63) is 255 Å². The number of aromatic nitrogens is 4. The molecular formula is C63H44ClN5O19S. The fourth-order valence-electron chi connectivity index (χ4n) is 8.17. The maximum Gasteiger partial charge on any atom is 0.429 e. The van der Waals surface area contributed by atoms with Crippen LogP contribution in [0.4, 0.5) is 24.9 Å². The number of hydrogen-bond donors (Lipinski definition) is 0. The first kappa shape index (κ1) is 61.7. The highest BCUT2D eigenvalue weighted by Crippen LogP contribution is 2.25. The molecule has 4 heterocycles. The first-order valence-electron chi connectivity index (χ1n) is 26.1. The van der Waals surface area contributed by atoms with Crippen molar-refractivity contribution in [1.82, 2.24) is 18.3 Å². The highest BCUT2D eigenvalue weighted by Gasteiger charge is 2.23. The summed E-state index contributed by atoms with van der Waals surface area (Å²) in [6.07, 6.45) is -3.32. The van der Waals surface area contributed by atoms with Gasteiger partial charge in [-0.05, 0) is 156 Å². The number of hydrogen-bond acceptors (Lipinski definition) is 20. The highest BCUT2D eigenvalue weighted by atomic mass is 35.5. The molecule has 24 nitrogen and oxygen atoms in total. The van der Waals surface area contributed by atoms with Gasteiger partial charge in [-0.2, -0.15) is 13.7 Å². The van der Waals surface area contributed by atoms with Gasteiger partial charge in [0.25, 0.3) is 10.5 Å². The molecule has 0 unspecified atom stereocenters. The number of Topliss-reactive ketones (excluding diaryl/α,β-unsaturated/α-hetero) is 2. The molecule has 0 N–H and O–H groups in total. The van der Waals surface area contributed by atoms with Crippen molar-refractivity contribution in [2.75, 3.05) is 0 Å². The summed E-state index contributed by atoms with van der Waals surface area (Å²) in [5.74, 6) is -1.57. The number of para-hydroxylation sites is 1. The van der Waals surface area contributed by atoms with Crippen LogP contribution >= 0.6 is 23.8 Å². The number of fused-ring (bicyclic) bond motifs is 4. The van der Waals surface area contributed by atoms with E-state index in [1.54, 1.807) is 115 Å². The maximum absolute atomic E-state index is 12.4. The average molecular weight is 1240 g/mol. The molecule has 0 aliphatic heterocycles. The van der Waals surface area contributed by atoms with E-state index in [1.165, 1.54) is 56.3 Å². The highest BCUT2D eigenvalue weighted by molar-refractivity contribution is 7.71. The zero-order valence-electron chi connectivity index (χ0n) is 47.0. The number of nitro benzene ring substituents is 1. The quantitative estimate of drug-likeness (QED) is 0.0619. The summed E-state index contributed by atoms with van der Waals surface area (Å²) >= 11 is 11.0. The van der Waals surface area contributed by atoms with Gasteiger partial charge >= 0.3 is 41.6 Å². The minimum atomic E-state index is -0.976. The smallest absolute Gasteiger partial charge is 0.429 e. The van der Waals surface area contributed by atoms with Crippen LogP contribution in [0.25, 0.3) is 44.4 Å². The molecule has 4 aromatic heterocycles. The number of nitrogens with zero attached hydrogens (tertiary/aromatic N) is 5. The van der Waals surface area contributed by atoms with Crippen LogP contribution in [0, 0.1) is 35.7 Å². The average Bonchev–Trinajstić information content (AvgIpc) is 1.84. The van der Waals surface area contributed by atoms with Gasteiger partial charge < -0.3 is 36.6 Å². The second-order valence-electron chi connectivity index (χ2n) is 19.0. The Bertz CT molecular complexity index is 4830. The third-order valence-electron chi connectivity index (χ3n) is 12.6. The normalized spacial score (nSPS) is 10.7. The van der Waals surface area contributed by atoms with Gasteiger partial charge in [0.15, 0.2) is 33.9 Å². The Hall–Kier alpha value is -11.8. The monoisotopic (exact) mass is 1240 g/mol. The molecule has 12 rings (SSSR count). The standard InChI is InChI=1S/C17H13NO5.C17H13NO4S.C15H10ClNO4.C14H8N2O6/c1-10-3-6-13(7-4-10)22-16(20)18-14-8-5-12(11(2)19)9-15(14)23-17(18)21;1-10-3-6-13(7-4-10)21-16(20)18-14-8-5-12(11(2)19)9-15(14)22-17(18)23;1-9-2-5-11(6-3-9)20-14(18)17-12-8-10(16)4-7-13(12)21-15(17)19;17-13(21-10-4-2-1-3-5-10)15-11-7-6-9(16(19)20)8-12(11)22-14(15)18/h2*3-9H,1-2H3;2-8H,1H3;1-8H. The molecule has 0 amide bonds. The number of rotatable bonds is 7. The number of carbonyl (C=O) groups is 6. The van der Waals surface area contributed by atoms with E-state index in [4.69, 9.17) is 60.4 Å². The van der Waals surface area contributed by atoms with Crippen LogP contribution in [0.2, 0.25) is 5.02 Å². The predicted octanol–water partition coefficient (Wildman–Crippen LogP) is 13.8. The van der Waals surface area contributed by atoms with E-state index in [9.17, 15) is 53.3 Å². The van der Waals surface area contributed by atoms with Crippen molar-refractivity contribution in [2.24, 2.45) is 0 Å². The number of ether oxygens (including phenoxy) is 4. The number of benzene rings is 8. The van der Waals surface area contributed by atoms with Crippen molar-refractivity contribution >= 4 is 110 Å². The van der Waals surface area contributed by atoms with Gasteiger partial charge in [0.05, 0.1) is 16.5 Å². The van der Waals surface area contributed by atoms with Crippen molar-refractivity contribution < 1.29 is 70.3 Å². The summed E-state index contributed by atoms with van der Waals surface area (Å²) < 4.78 is 44.4. The Morgan fingerprint density at radius 3 is 1.21 bits per heavy atom. The fraction of sp³-hybridized carbons (Fsp3) is 0.0794. The molecule has 0 atom stereocenters. The minimum Gasteiger partial charge on any atom is -0.429 e. The van der Waals surface area contributed by atoms with Crippen molar-refractivity contribution in [2.45, 2.75) is 34.6 Å². The maximum atomic E-state index is 12.4. The molecule has 26 heteroatoms. The van der Waals surface area contributed by atoms with E-state index in [-0.39, 0.29) is 61.1 Å². The van der Waals surface area contributed by atoms with E-state index in [0.717, 1.165) is 36.5 Å². The lowest BCUT2D eigenvalue weighted by Crippen LogP contribution is -2.26. The lowest BCUT2D eigenvalue weighted by molar-refractivity contribution is -0.384. The molecule has 8 aromatic carbocycles. The van der Waals surface area contributed by atoms with Gasteiger partial charge in [-0.1, -0.05) is 82.9 Å². The summed E-state index contributed by atoms with van der Waals surface area (Å²) in [6, 6.07) is 46.3. The number of carbonyl (C=O) groups excluding carboxylic acids is 6. The lowest BCUT2D eigenvalue weighted by atomic mass is 10.1. The van der Waals surface area contributed by atoms with Gasteiger partial charge in [0.2, 0.25) is 0 Å². The Morgan fingerprint density at radius 1 is 0.427 bits per heavy atom. The van der Waals surface area contributed by atoms with Crippen molar-refractivity contribution in [3.8, 4) is 23.0 Å². The molecular weight excluding hydrogens is 1200 g/mol. The first-order valence-corrected chi connectivity index (χ1v) is 26.9. The minimum absolute atomic E-state index is 0.0298. The molecule has 448 valence electrons. The summed E-state index contributed by atoms with van der Waals surface area (Å²) in [7, 11) is 0. The molecule has 0 aliphatic rings. The van der Waals surface area contributed by atoms with Gasteiger partial charge in [-0.25, -0.2) is 38.1 Å². The fourth-order valence-corrected chi connectivity index (χ4v) is 8.60. The number of aryl methyl sites for hydroxylation is 3. The van der Waals surface area contributed by atoms with Crippen LogP contribution in [0.1, 0.15) is 51.3 Å². The molecule has 0 spiro atoms. The Kier molecular flexibility index (Phi) is 18.5. The van der Waals surface area contributed by atoms with Crippen LogP contribution in [-0.4, -0.2) is 59.1 Å². The predicted molar refractivity (Wildman–Crippen MR) is 324 cm³/mol. The Labute approximate surface area is 509 Å². The zero-order chi connectivity index (χ0) is 63.8. The third kappa shape index (κ3) is 14.5. The lowest BCUT2D eigenvalue weighted by Gasteiger charge is -2.05. The Balaban J connectivity index is 0.000000141. The van der Waals surface area contributed by atoms with E-state index >= 15 is 0 Å². The van der Waals surface area contributed by atoms with Crippen LogP contribution in [0.3, 0.4) is 0 Å². The molecule has 89 heavy (non-hydrogen) atoms. The second-order valence-corrected chi connectivity index (χ2v) is 19.8. The summed E-state index contributed by atoms with van der Waals surface area (Å²) in [4.78, 5) is 117. The molecule has 12 aromatic rings. The van der Waals surface area contributed by atoms with Gasteiger partial charge in [-0.3, -0.25) is 19.7 Å². The van der Waals surface area contributed by atoms with E-state index in [2.05, 4.69) is 0 Å². The van der Waals surface area contributed by atoms with Crippen LogP contribution in [0.5, 0.6) is 23.0 Å². The largest absolute Gasteiger partial charge is 0.429 e. The second kappa shape index (κ2) is 26.6. The number of halogens is 1. The van der Waals surface area contributed by atoms with Gasteiger partial charge in [0, 0.05) is 22.2 Å². The van der Waals surface area contributed by atoms with Crippen LogP contribution < -0.4 is 36.2 Å². The number of ketones is 2. The number of non-ortho nitro benzene ring substituents is 1. The molecule has 0 radical (unpaired) electrons. The number of oxazole rings is 4. The number of nitro groups is 1. The SMILES string of the molecule is CC(=O)c1ccc2c(c1)oc(=O)n2C(=O)Oc1ccc(C)cc1.CC(=O)c1ccc2c(c1)oc(=S)n2C(=O)Oc1ccc(C)cc1.Cc1ccc(OC(=O)n2c(=O)oc3ccc(Cl)cc32)cc1.O=C(Oc1ccccc1)n1c(=O)oc2cc([N+](=O)[O-])ccc21. The molecule has 0 bridgehead atoms. The van der Waals surface area contributed by atoms with Crippen LogP contribution in [0.15, 0.2) is 208 Å². The summed E-state index contributed by atoms with van der Waals surface area (Å²) in [5, 5.41) is 11.1. The van der Waals surface area contributed by atoms with Gasteiger partial charge in [0.1, 0.15) is 39.5 Å². The van der Waals surface area contributed by atoms with E-state index in [0.29, 0.717) is 49.1 Å². The van der Waals surface area contributed by atoms with Crippen LogP contribution in [-0.2, 0) is 0 Å². The third-order valence-corrected chi connectivity index (χ3v) is 13.1. The molecule has 0 aliphatic carbocycles. The zero-order valence-corrected chi connectivity index (χ0v) is 48.6. The summed E-state index contributed by atoms with van der Waals surface area (Å²) in [6.45, 7) is 8.63. The summed E-state index contributed by atoms with van der Waals surface area (Å²) in [5.41, 5.74) is 5.54. The molecule has 0 saturated carbocycles. The van der Waals surface area contributed by atoms with E-state index in [1.807, 2.05) is 32.9 Å². The first-order chi connectivity index (χ1) is 42.5. The van der Waals surface area contributed by atoms with Crippen molar-refractivity contribution in [1.29, 1.82) is 0 Å². The molecule has 0 fully saturated rings. The Morgan fingerprint density at radius 2 is 0.787 bits per heavy atom. The molecule has 0 saturated heterocycles. The van der Waals surface area contributed by atoms with Gasteiger partial charge in [-0.15, -0.1) is 0 Å². The van der Waals surface area contributed by atoms with E-state index < -0.39 is 46.6 Å². The topological polar surface area (TPSA) is 306 Å². The van der Waals surface area contributed by atoms with Crippen molar-refractivity contribution in [3.63, 3.8) is 0 Å².